The molecule has 3 N–H and O–H groups in total. The highest BCUT2D eigenvalue weighted by Crippen LogP contribution is 2.26. The molecule has 0 radical (unpaired) electrons. The van der Waals surface area contributed by atoms with Gasteiger partial charge in [-0.3, -0.25) is 0 Å². The number of benzene rings is 1. The van der Waals surface area contributed by atoms with E-state index in [9.17, 15) is 8.42 Å². The molecule has 0 aromatic heterocycles. The molecule has 6 heteroatoms. The van der Waals surface area contributed by atoms with Gasteiger partial charge in [0.15, 0.2) is 0 Å². The highest BCUT2D eigenvalue weighted by molar-refractivity contribution is 9.10. The second kappa shape index (κ2) is 4.10. The molecule has 4 nitrogen and oxygen atoms in total. The first kappa shape index (κ1) is 12.0. The Balaban J connectivity index is 2.28. The molecule has 1 aromatic carbocycles. The van der Waals surface area contributed by atoms with Crippen LogP contribution in [0.3, 0.4) is 0 Å². The van der Waals surface area contributed by atoms with Crippen molar-refractivity contribution in [2.24, 2.45) is 5.73 Å². The first-order valence-electron chi connectivity index (χ1n) is 4.94. The van der Waals surface area contributed by atoms with Gasteiger partial charge in [-0.2, -0.15) is 0 Å². The minimum absolute atomic E-state index is 0.0426. The first-order chi connectivity index (χ1) is 7.40. The third-order valence-electron chi connectivity index (χ3n) is 2.52. The van der Waals surface area contributed by atoms with Crippen molar-refractivity contribution in [2.45, 2.75) is 30.3 Å². The molecule has 2 atom stereocenters. The van der Waals surface area contributed by atoms with Crippen LogP contribution >= 0.6 is 15.9 Å². The maximum atomic E-state index is 12.0. The topological polar surface area (TPSA) is 72.2 Å². The molecule has 0 spiro atoms. The number of hydrogen-bond donors (Lipinski definition) is 2. The normalized spacial score (nSPS) is 24.4. The van der Waals surface area contributed by atoms with Gasteiger partial charge >= 0.3 is 0 Å². The Bertz CT molecular complexity index is 516. The van der Waals surface area contributed by atoms with Crippen LogP contribution in [-0.2, 0) is 10.0 Å². The standard InChI is InChI=1S/C10H13BrN2O2S/c1-6-2-3-10(7(11)4-6)16(14,15)13-9-5-8(9)12/h2-4,8-9,13H,5,12H2,1H3. The van der Waals surface area contributed by atoms with Gasteiger partial charge in [-0.15, -0.1) is 0 Å². The molecule has 88 valence electrons. The number of halogens is 1. The fourth-order valence-corrected chi connectivity index (χ4v) is 3.93. The van der Waals surface area contributed by atoms with Gasteiger partial charge in [0.1, 0.15) is 0 Å². The second-order valence-electron chi connectivity index (χ2n) is 4.06. The summed E-state index contributed by atoms with van der Waals surface area (Å²) in [5, 5.41) is 0. The van der Waals surface area contributed by atoms with Gasteiger partial charge in [-0.25, -0.2) is 13.1 Å². The van der Waals surface area contributed by atoms with Crippen LogP contribution in [0.5, 0.6) is 0 Å². The van der Waals surface area contributed by atoms with Crippen LogP contribution in [0.4, 0.5) is 0 Å². The molecule has 0 heterocycles. The molecule has 0 amide bonds. The number of hydrogen-bond acceptors (Lipinski definition) is 3. The van der Waals surface area contributed by atoms with E-state index in [4.69, 9.17) is 5.73 Å². The van der Waals surface area contributed by atoms with Gasteiger partial charge in [-0.1, -0.05) is 6.07 Å². The SMILES string of the molecule is Cc1ccc(S(=O)(=O)NC2CC2N)c(Br)c1. The number of aryl methyl sites for hydroxylation is 1. The van der Waals surface area contributed by atoms with E-state index < -0.39 is 10.0 Å². The van der Waals surface area contributed by atoms with E-state index in [2.05, 4.69) is 20.7 Å². The van der Waals surface area contributed by atoms with Crippen LogP contribution in [0.1, 0.15) is 12.0 Å². The van der Waals surface area contributed by atoms with E-state index in [0.29, 0.717) is 10.9 Å². The smallest absolute Gasteiger partial charge is 0.241 e. The van der Waals surface area contributed by atoms with Crippen molar-refractivity contribution in [3.05, 3.63) is 28.2 Å². The van der Waals surface area contributed by atoms with Crippen LogP contribution < -0.4 is 10.5 Å². The number of sulfonamides is 1. The zero-order chi connectivity index (χ0) is 11.9. The van der Waals surface area contributed by atoms with Crippen molar-refractivity contribution in [1.29, 1.82) is 0 Å². The van der Waals surface area contributed by atoms with Crippen molar-refractivity contribution < 1.29 is 8.42 Å². The Labute approximate surface area is 103 Å². The molecule has 2 unspecified atom stereocenters. The second-order valence-corrected chi connectivity index (χ2v) is 6.60. The van der Waals surface area contributed by atoms with Gasteiger partial charge in [0.2, 0.25) is 10.0 Å². The predicted molar refractivity (Wildman–Crippen MR) is 65.6 cm³/mol. The van der Waals surface area contributed by atoms with E-state index in [-0.39, 0.29) is 17.0 Å². The van der Waals surface area contributed by atoms with Gasteiger partial charge < -0.3 is 5.73 Å². The average Bonchev–Trinajstić information content (AvgIpc) is 2.79. The molecule has 0 saturated heterocycles. The summed E-state index contributed by atoms with van der Waals surface area (Å²) < 4.78 is 27.1. The van der Waals surface area contributed by atoms with Crippen LogP contribution in [0.2, 0.25) is 0 Å². The summed E-state index contributed by atoms with van der Waals surface area (Å²) >= 11 is 3.26. The van der Waals surface area contributed by atoms with Crippen molar-refractivity contribution in [1.82, 2.24) is 4.72 Å². The zero-order valence-corrected chi connectivity index (χ0v) is 11.2. The third kappa shape index (κ3) is 2.45. The Kier molecular flexibility index (Phi) is 3.09. The molecule has 2 rings (SSSR count). The van der Waals surface area contributed by atoms with Crippen molar-refractivity contribution in [2.75, 3.05) is 0 Å². The van der Waals surface area contributed by atoms with Gasteiger partial charge in [0, 0.05) is 16.6 Å². The molecule has 1 aliphatic rings. The van der Waals surface area contributed by atoms with Crippen LogP contribution in [0, 0.1) is 6.92 Å². The quantitative estimate of drug-likeness (QED) is 0.879. The summed E-state index contributed by atoms with van der Waals surface area (Å²) in [7, 11) is -3.45. The molecule has 1 saturated carbocycles. The Hall–Kier alpha value is -0.430. The van der Waals surface area contributed by atoms with Crippen LogP contribution in [0.25, 0.3) is 0 Å². The van der Waals surface area contributed by atoms with Crippen molar-refractivity contribution >= 4 is 26.0 Å². The third-order valence-corrected chi connectivity index (χ3v) is 4.99. The van der Waals surface area contributed by atoms with E-state index >= 15 is 0 Å². The summed E-state index contributed by atoms with van der Waals surface area (Å²) in [5.41, 5.74) is 6.58. The highest BCUT2D eigenvalue weighted by atomic mass is 79.9. The summed E-state index contributed by atoms with van der Waals surface area (Å²) in [6.07, 6.45) is 0.711. The number of nitrogens with two attached hydrogens (primary N) is 1. The lowest BCUT2D eigenvalue weighted by Gasteiger charge is -2.08. The lowest BCUT2D eigenvalue weighted by molar-refractivity contribution is 0.579. The molecule has 0 aliphatic heterocycles. The lowest BCUT2D eigenvalue weighted by Crippen LogP contribution is -2.30. The summed E-state index contributed by atoms with van der Waals surface area (Å²) in [4.78, 5) is 0.261. The summed E-state index contributed by atoms with van der Waals surface area (Å²) in [6.45, 7) is 1.91. The van der Waals surface area contributed by atoms with Gasteiger partial charge in [0.25, 0.3) is 0 Å². The minimum atomic E-state index is -3.45. The molecule has 16 heavy (non-hydrogen) atoms. The molecule has 1 fully saturated rings. The molecule has 1 aromatic rings. The Morgan fingerprint density at radius 1 is 1.50 bits per heavy atom. The fourth-order valence-electron chi connectivity index (χ4n) is 1.44. The van der Waals surface area contributed by atoms with Crippen molar-refractivity contribution in [3.63, 3.8) is 0 Å². The Morgan fingerprint density at radius 2 is 2.12 bits per heavy atom. The van der Waals surface area contributed by atoms with Crippen molar-refractivity contribution in [3.8, 4) is 0 Å². The first-order valence-corrected chi connectivity index (χ1v) is 7.22. The molecule has 1 aliphatic carbocycles. The maximum Gasteiger partial charge on any atom is 0.241 e. The number of rotatable bonds is 3. The highest BCUT2D eigenvalue weighted by Gasteiger charge is 2.37. The molecule has 0 bridgehead atoms. The van der Waals surface area contributed by atoms with Crippen LogP contribution in [-0.4, -0.2) is 20.5 Å². The average molecular weight is 305 g/mol. The largest absolute Gasteiger partial charge is 0.326 e. The Morgan fingerprint density at radius 3 is 2.62 bits per heavy atom. The van der Waals surface area contributed by atoms with E-state index in [1.54, 1.807) is 18.2 Å². The maximum absolute atomic E-state index is 12.0. The molecular weight excluding hydrogens is 292 g/mol. The van der Waals surface area contributed by atoms with E-state index in [1.165, 1.54) is 0 Å². The van der Waals surface area contributed by atoms with Crippen LogP contribution in [0.15, 0.2) is 27.6 Å². The summed E-state index contributed by atoms with van der Waals surface area (Å²) in [5.74, 6) is 0. The minimum Gasteiger partial charge on any atom is -0.326 e. The zero-order valence-electron chi connectivity index (χ0n) is 8.77. The van der Waals surface area contributed by atoms with E-state index in [1.807, 2.05) is 6.92 Å². The monoisotopic (exact) mass is 304 g/mol. The number of nitrogens with one attached hydrogen (secondary N) is 1. The summed E-state index contributed by atoms with van der Waals surface area (Å²) in [6, 6.07) is 4.99. The van der Waals surface area contributed by atoms with Gasteiger partial charge in [-0.05, 0) is 47.0 Å². The predicted octanol–water partition coefficient (Wildman–Crippen LogP) is 1.14. The van der Waals surface area contributed by atoms with E-state index in [0.717, 1.165) is 5.56 Å². The lowest BCUT2D eigenvalue weighted by atomic mass is 10.2. The fraction of sp³-hybridized carbons (Fsp3) is 0.400. The van der Waals surface area contributed by atoms with Gasteiger partial charge in [0.05, 0.1) is 4.90 Å². The molecular formula is C10H13BrN2O2S.